The van der Waals surface area contributed by atoms with Gasteiger partial charge in [-0.3, -0.25) is 0 Å². The van der Waals surface area contributed by atoms with E-state index in [0.29, 0.717) is 17.9 Å². The molecule has 17 heavy (non-hydrogen) atoms. The molecule has 0 spiro atoms. The normalized spacial score (nSPS) is 28.2. The van der Waals surface area contributed by atoms with Crippen LogP contribution in [-0.2, 0) is 19.9 Å². The zero-order valence-electron chi connectivity index (χ0n) is 9.96. The topological polar surface area (TPSA) is 71.5 Å². The van der Waals surface area contributed by atoms with Crippen molar-refractivity contribution in [3.63, 3.8) is 0 Å². The van der Waals surface area contributed by atoms with Gasteiger partial charge in [0.15, 0.2) is 0 Å². The summed E-state index contributed by atoms with van der Waals surface area (Å²) in [7, 11) is -6.67. The van der Waals surface area contributed by atoms with Crippen molar-refractivity contribution in [2.75, 3.05) is 30.9 Å². The highest BCUT2D eigenvalue weighted by Gasteiger charge is 2.31. The molecule has 0 aromatic heterocycles. The highest BCUT2D eigenvalue weighted by Crippen LogP contribution is 2.25. The lowest BCUT2D eigenvalue weighted by molar-refractivity contribution is 0.292. The van der Waals surface area contributed by atoms with Crippen molar-refractivity contribution in [3.8, 4) is 0 Å². The minimum absolute atomic E-state index is 0.247. The van der Waals surface area contributed by atoms with Gasteiger partial charge in [-0.1, -0.05) is 22.9 Å². The first kappa shape index (κ1) is 15.4. The third-order valence-corrected chi connectivity index (χ3v) is 7.27. The van der Waals surface area contributed by atoms with Gasteiger partial charge in [0.1, 0.15) is 9.84 Å². The van der Waals surface area contributed by atoms with Crippen molar-refractivity contribution in [1.29, 1.82) is 0 Å². The van der Waals surface area contributed by atoms with Gasteiger partial charge in [-0.25, -0.2) is 21.1 Å². The second-order valence-corrected chi connectivity index (χ2v) is 10.1. The van der Waals surface area contributed by atoms with E-state index in [2.05, 4.69) is 15.9 Å². The predicted octanol–water partition coefficient (Wildman–Crippen LogP) is 0.466. The summed E-state index contributed by atoms with van der Waals surface area (Å²) < 4.78 is 47.2. The highest BCUT2D eigenvalue weighted by atomic mass is 79.9. The van der Waals surface area contributed by atoms with Gasteiger partial charge in [0.25, 0.3) is 0 Å². The van der Waals surface area contributed by atoms with Crippen LogP contribution in [0.3, 0.4) is 0 Å². The largest absolute Gasteiger partial charge is 0.229 e. The number of hydrogen-bond donors (Lipinski definition) is 0. The fourth-order valence-corrected chi connectivity index (χ4v) is 5.25. The second kappa shape index (κ2) is 5.54. The van der Waals surface area contributed by atoms with Crippen molar-refractivity contribution in [2.45, 2.75) is 18.2 Å². The highest BCUT2D eigenvalue weighted by molar-refractivity contribution is 9.09. The molecule has 1 aliphatic rings. The minimum atomic E-state index is -3.44. The molecule has 5 nitrogen and oxygen atoms in total. The quantitative estimate of drug-likeness (QED) is 0.693. The molecule has 1 fully saturated rings. The summed E-state index contributed by atoms with van der Waals surface area (Å²) in [6.07, 6.45) is 1.81. The van der Waals surface area contributed by atoms with Crippen LogP contribution in [0.2, 0.25) is 0 Å². The van der Waals surface area contributed by atoms with Crippen LogP contribution in [0.1, 0.15) is 13.3 Å². The third kappa shape index (κ3) is 4.84. The van der Waals surface area contributed by atoms with E-state index in [1.54, 1.807) is 0 Å². The Balaban J connectivity index is 2.65. The van der Waals surface area contributed by atoms with Gasteiger partial charge in [-0.05, 0) is 12.3 Å². The van der Waals surface area contributed by atoms with Gasteiger partial charge in [-0.15, -0.1) is 0 Å². The second-order valence-electron chi connectivity index (χ2n) is 4.59. The van der Waals surface area contributed by atoms with Crippen molar-refractivity contribution in [1.82, 2.24) is 4.31 Å². The van der Waals surface area contributed by atoms with E-state index in [9.17, 15) is 16.8 Å². The molecular weight excluding hydrogens is 330 g/mol. The summed E-state index contributed by atoms with van der Waals surface area (Å²) in [6.45, 7) is 2.91. The van der Waals surface area contributed by atoms with E-state index in [1.807, 2.05) is 6.92 Å². The Morgan fingerprint density at radius 3 is 2.29 bits per heavy atom. The molecule has 0 bridgehead atoms. The number of hydrogen-bond acceptors (Lipinski definition) is 4. The molecule has 8 heteroatoms. The van der Waals surface area contributed by atoms with Crippen LogP contribution in [0.5, 0.6) is 0 Å². The molecule has 1 aliphatic heterocycles. The Bertz CT molecular complexity index is 459. The van der Waals surface area contributed by atoms with E-state index >= 15 is 0 Å². The molecule has 0 N–H and O–H groups in total. The molecule has 1 rings (SSSR count). The van der Waals surface area contributed by atoms with Crippen molar-refractivity contribution < 1.29 is 16.8 Å². The Hall–Kier alpha value is 0.340. The Morgan fingerprint density at radius 1 is 1.24 bits per heavy atom. The maximum atomic E-state index is 11.9. The summed E-state index contributed by atoms with van der Waals surface area (Å²) in [6, 6.07) is 0. The lowest BCUT2D eigenvalue weighted by atomic mass is 10.0. The molecule has 1 saturated heterocycles. The predicted molar refractivity (Wildman–Crippen MR) is 71.6 cm³/mol. The SMILES string of the molecule is CC1CN(S(=O)(=O)CCS(C)(=O)=O)CCC1Br. The fourth-order valence-electron chi connectivity index (χ4n) is 1.72. The van der Waals surface area contributed by atoms with Gasteiger partial charge in [0, 0.05) is 24.2 Å². The van der Waals surface area contributed by atoms with Crippen molar-refractivity contribution in [3.05, 3.63) is 0 Å². The van der Waals surface area contributed by atoms with Crippen molar-refractivity contribution >= 4 is 35.8 Å². The maximum absolute atomic E-state index is 11.9. The summed E-state index contributed by atoms with van der Waals surface area (Å²) in [5.74, 6) is -0.375. The number of nitrogens with zero attached hydrogens (tertiary/aromatic N) is 1. The van der Waals surface area contributed by atoms with E-state index in [0.717, 1.165) is 12.7 Å². The average molecular weight is 348 g/mol. The molecule has 0 aromatic carbocycles. The standard InChI is InChI=1S/C9H18BrNO4S2/c1-8-7-11(4-3-9(8)10)17(14,15)6-5-16(2,12)13/h8-9H,3-7H2,1-2H3. The van der Waals surface area contributed by atoms with Crippen LogP contribution >= 0.6 is 15.9 Å². The fraction of sp³-hybridized carbons (Fsp3) is 1.00. The van der Waals surface area contributed by atoms with Gasteiger partial charge in [0.2, 0.25) is 10.0 Å². The molecule has 0 saturated carbocycles. The van der Waals surface area contributed by atoms with Crippen LogP contribution in [0.4, 0.5) is 0 Å². The van der Waals surface area contributed by atoms with E-state index in [-0.39, 0.29) is 17.4 Å². The molecule has 2 unspecified atom stereocenters. The molecule has 2 atom stereocenters. The average Bonchev–Trinajstić information content (AvgIpc) is 2.18. The monoisotopic (exact) mass is 347 g/mol. The zero-order valence-corrected chi connectivity index (χ0v) is 13.2. The molecule has 0 aromatic rings. The summed E-state index contributed by atoms with van der Waals surface area (Å²) in [5, 5.41) is 0. The third-order valence-electron chi connectivity index (χ3n) is 2.87. The molecule has 0 aliphatic carbocycles. The van der Waals surface area contributed by atoms with E-state index in [4.69, 9.17) is 0 Å². The van der Waals surface area contributed by atoms with Gasteiger partial charge in [0.05, 0.1) is 11.5 Å². The van der Waals surface area contributed by atoms with E-state index < -0.39 is 19.9 Å². The number of sulfonamides is 1. The molecular formula is C9H18BrNO4S2. The van der Waals surface area contributed by atoms with Crippen LogP contribution in [0, 0.1) is 5.92 Å². The molecule has 102 valence electrons. The maximum Gasteiger partial charge on any atom is 0.215 e. The van der Waals surface area contributed by atoms with Crippen LogP contribution in [-0.4, -0.2) is 56.8 Å². The summed E-state index contributed by atoms with van der Waals surface area (Å²) >= 11 is 3.50. The molecule has 0 radical (unpaired) electrons. The molecule has 1 heterocycles. The number of sulfone groups is 1. The lowest BCUT2D eigenvalue weighted by Gasteiger charge is -2.33. The first-order chi connectivity index (χ1) is 7.62. The van der Waals surface area contributed by atoms with Gasteiger partial charge in [-0.2, -0.15) is 0 Å². The number of rotatable bonds is 4. The Labute approximate surface area is 112 Å². The lowest BCUT2D eigenvalue weighted by Crippen LogP contribution is -2.44. The van der Waals surface area contributed by atoms with Gasteiger partial charge >= 0.3 is 0 Å². The Morgan fingerprint density at radius 2 is 1.82 bits per heavy atom. The molecule has 0 amide bonds. The van der Waals surface area contributed by atoms with Crippen LogP contribution in [0.15, 0.2) is 0 Å². The van der Waals surface area contributed by atoms with Crippen LogP contribution < -0.4 is 0 Å². The zero-order chi connectivity index (χ0) is 13.3. The first-order valence-electron chi connectivity index (χ1n) is 5.41. The van der Waals surface area contributed by atoms with Crippen LogP contribution in [0.25, 0.3) is 0 Å². The summed E-state index contributed by atoms with van der Waals surface area (Å²) in [5.41, 5.74) is 0. The minimum Gasteiger partial charge on any atom is -0.229 e. The van der Waals surface area contributed by atoms with Gasteiger partial charge < -0.3 is 0 Å². The van der Waals surface area contributed by atoms with E-state index in [1.165, 1.54) is 4.31 Å². The Kier molecular flexibility index (Phi) is 5.02. The van der Waals surface area contributed by atoms with Crippen molar-refractivity contribution in [2.24, 2.45) is 5.92 Å². The first-order valence-corrected chi connectivity index (χ1v) is 10.00. The summed E-state index contributed by atoms with van der Waals surface area (Å²) in [4.78, 5) is 0.337. The number of halogens is 1. The smallest absolute Gasteiger partial charge is 0.215 e. The number of piperidine rings is 1. The number of alkyl halides is 1.